The second kappa shape index (κ2) is 18.9. The third-order valence-corrected chi connectivity index (χ3v) is 11.7. The van der Waals surface area contributed by atoms with Gasteiger partial charge in [0.2, 0.25) is 0 Å². The summed E-state index contributed by atoms with van der Waals surface area (Å²) in [5.41, 5.74) is 3.82. The Kier molecular flexibility index (Phi) is 18.5. The van der Waals surface area contributed by atoms with Crippen molar-refractivity contribution in [2.75, 3.05) is 41.6 Å². The Bertz CT molecular complexity index is 1120. The number of nitro groups is 1. The van der Waals surface area contributed by atoms with Gasteiger partial charge in [-0.1, -0.05) is 62.5 Å². The number of benzene rings is 3. The van der Waals surface area contributed by atoms with E-state index in [4.69, 9.17) is 10.1 Å². The molecule has 0 spiro atoms. The molecule has 1 aliphatic heterocycles. The zero-order chi connectivity index (χ0) is 31.9. The minimum absolute atomic E-state index is 0. The molecule has 3 nitrogen and oxygen atoms in total. The van der Waals surface area contributed by atoms with Crippen LogP contribution in [0.5, 0.6) is 0 Å². The first kappa shape index (κ1) is 42.1. The van der Waals surface area contributed by atoms with Crippen molar-refractivity contribution in [1.29, 1.82) is 0 Å². The van der Waals surface area contributed by atoms with Crippen molar-refractivity contribution < 1.29 is 51.2 Å². The van der Waals surface area contributed by atoms with Crippen molar-refractivity contribution in [3.05, 3.63) is 107 Å². The van der Waals surface area contributed by atoms with Crippen LogP contribution in [-0.4, -0.2) is 46.5 Å². The summed E-state index contributed by atoms with van der Waals surface area (Å²) in [6.45, 7) is 8.67. The summed E-state index contributed by atoms with van der Waals surface area (Å²) in [6.07, 6.45) is 0. The molecule has 0 aliphatic carbocycles. The van der Waals surface area contributed by atoms with Crippen LogP contribution in [-0.2, 0) is 21.1 Å². The maximum atomic E-state index is 9.87. The van der Waals surface area contributed by atoms with Crippen LogP contribution >= 0.6 is 51.0 Å². The summed E-state index contributed by atoms with van der Waals surface area (Å²) in [6, 6.07) is 26.0. The molecule has 0 amide bonds. The average Bonchev–Trinajstić information content (AvgIpc) is 3.02. The van der Waals surface area contributed by atoms with E-state index >= 15 is 0 Å². The molecule has 0 N–H and O–H groups in total. The van der Waals surface area contributed by atoms with E-state index in [1.807, 2.05) is 0 Å². The molecule has 1 heterocycles. The molecule has 0 saturated carbocycles. The maximum absolute atomic E-state index is 10.7. The van der Waals surface area contributed by atoms with Crippen LogP contribution in [0.3, 0.4) is 0 Å². The van der Waals surface area contributed by atoms with Gasteiger partial charge in [0.1, 0.15) is 0 Å². The van der Waals surface area contributed by atoms with Crippen LogP contribution in [0.1, 0.15) is 16.7 Å². The van der Waals surface area contributed by atoms with Crippen molar-refractivity contribution in [2.45, 2.75) is 13.8 Å². The largest absolute Gasteiger partial charge is 2.00 e. The molecule has 0 atom stereocenters. The molecule has 15 heteroatoms. The van der Waals surface area contributed by atoms with E-state index in [1.165, 1.54) is 61.6 Å². The van der Waals surface area contributed by atoms with Crippen LogP contribution in [0.25, 0.3) is 0 Å². The first-order chi connectivity index (χ1) is 19.4. The number of halogens is 6. The van der Waals surface area contributed by atoms with E-state index in [-0.39, 0.29) is 21.1 Å². The summed E-state index contributed by atoms with van der Waals surface area (Å²) >= 11 is 6.30. The van der Waals surface area contributed by atoms with Gasteiger partial charge in [-0.2, -0.15) is 53.8 Å². The molecule has 3 aromatic rings. The predicted molar refractivity (Wildman–Crippen MR) is 178 cm³/mol. The third-order valence-electron chi connectivity index (χ3n) is 5.06. The van der Waals surface area contributed by atoms with E-state index < -0.39 is 20.7 Å². The maximum Gasteiger partial charge on any atom is 2.00 e. The molecule has 3 aromatic carbocycles. The molecular formula is C28H35F6NO2P2PtS3. The van der Waals surface area contributed by atoms with Crippen molar-refractivity contribution in [3.8, 4) is 0 Å². The van der Waals surface area contributed by atoms with E-state index in [0.29, 0.717) is 0 Å². The standard InChI is InChI=1S/C21H20P.C6H12S3.CH3NO2.F6P.Pt/c1-16-10-4-7-13-19(16)22(20-14-8-5-11-17(20)2)21-15-9-6-12-18(21)3;1-2-8-5-6-9-4-3-7-1;1-2(3)4;1-7(2,3,4,5)6;/h4-15H,1H2,2-3H3;1-6H2;1H3;;/q-1;;;-1;+2. The van der Waals surface area contributed by atoms with Gasteiger partial charge in [0.25, 0.3) is 0 Å². The second-order valence-electron chi connectivity index (χ2n) is 8.77. The summed E-state index contributed by atoms with van der Waals surface area (Å²) in [7, 11) is -10.3. The van der Waals surface area contributed by atoms with Crippen LogP contribution in [0.15, 0.2) is 72.8 Å². The normalized spacial score (nSPS) is 14.9. The third kappa shape index (κ3) is 22.3. The summed E-state index contributed by atoms with van der Waals surface area (Å²) in [5.74, 6) is 8.20. The van der Waals surface area contributed by atoms with Gasteiger partial charge in [0.05, 0.1) is 0 Å². The molecule has 0 unspecified atom stereocenters. The van der Waals surface area contributed by atoms with Gasteiger partial charge < -0.3 is 0 Å². The van der Waals surface area contributed by atoms with Crippen LogP contribution in [0, 0.1) is 30.9 Å². The SMILES string of the molecule is C1CSCCSCCS1.C[N+](=O)[O-].F[P-](F)(F)(F)(F)F.[CH2-]c1ccccc1P(c1ccccc1C)c1ccccc1C.[Pt+2]. The summed E-state index contributed by atoms with van der Waals surface area (Å²) in [5, 5.41) is 13.0. The number of thioether (sulfide) groups is 3. The second-order valence-corrected chi connectivity index (χ2v) is 16.5. The van der Waals surface area contributed by atoms with Gasteiger partial charge in [0.15, 0.2) is 7.05 Å². The molecule has 0 aromatic heterocycles. The zero-order valence-electron chi connectivity index (χ0n) is 23.8. The molecule has 244 valence electrons. The zero-order valence-corrected chi connectivity index (χ0v) is 30.4. The monoisotopic (exact) mass is 884 g/mol. The van der Waals surface area contributed by atoms with E-state index in [1.54, 1.807) is 0 Å². The topological polar surface area (TPSA) is 43.1 Å². The van der Waals surface area contributed by atoms with Crippen molar-refractivity contribution >= 4 is 66.9 Å². The van der Waals surface area contributed by atoms with Gasteiger partial charge in [-0.15, -0.1) is 17.4 Å². The number of nitrogens with zero attached hydrogens (tertiary/aromatic N) is 1. The molecule has 0 bridgehead atoms. The fourth-order valence-electron chi connectivity index (χ4n) is 3.41. The van der Waals surface area contributed by atoms with Crippen molar-refractivity contribution in [3.63, 3.8) is 0 Å². The number of hydrogen-bond donors (Lipinski definition) is 0. The fraction of sp³-hybridized carbons (Fsp3) is 0.321. The summed E-state index contributed by atoms with van der Waals surface area (Å²) in [4.78, 5) is 8.31. The first-order valence-corrected chi connectivity index (χ1v) is 19.4. The molecule has 1 aliphatic rings. The molecule has 1 saturated heterocycles. The Morgan fingerprint density at radius 3 is 1.21 bits per heavy atom. The minimum Gasteiger partial charge on any atom is -0.198 e. The van der Waals surface area contributed by atoms with Gasteiger partial charge in [-0.3, -0.25) is 10.1 Å². The predicted octanol–water partition coefficient (Wildman–Crippen LogP) is 9.72. The Hall–Kier alpha value is -0.892. The first-order valence-electron chi connectivity index (χ1n) is 12.6. The number of aryl methyl sites for hydroxylation is 2. The smallest absolute Gasteiger partial charge is 0.198 e. The minimum atomic E-state index is -10.7. The van der Waals surface area contributed by atoms with Gasteiger partial charge >= 0.3 is 54.1 Å². The average molecular weight is 885 g/mol. The Morgan fingerprint density at radius 2 is 0.930 bits per heavy atom. The van der Waals surface area contributed by atoms with Crippen molar-refractivity contribution in [1.82, 2.24) is 0 Å². The Balaban J connectivity index is 0.000000693. The molecule has 4 rings (SSSR count). The van der Waals surface area contributed by atoms with Gasteiger partial charge in [-0.25, -0.2) is 0 Å². The Labute approximate surface area is 278 Å². The molecule has 0 radical (unpaired) electrons. The molecule has 43 heavy (non-hydrogen) atoms. The van der Waals surface area contributed by atoms with Crippen LogP contribution in [0.2, 0.25) is 0 Å². The van der Waals surface area contributed by atoms with Gasteiger partial charge in [-0.05, 0) is 35.6 Å². The van der Waals surface area contributed by atoms with Crippen LogP contribution in [0.4, 0.5) is 25.2 Å². The Morgan fingerprint density at radius 1 is 0.674 bits per heavy atom. The number of hydrogen-bond acceptors (Lipinski definition) is 5. The molecular weight excluding hydrogens is 850 g/mol. The fourth-order valence-corrected chi connectivity index (χ4v) is 9.55. The van der Waals surface area contributed by atoms with Crippen LogP contribution < -0.4 is 15.9 Å². The number of rotatable bonds is 3. The quantitative estimate of drug-likeness (QED) is 0.0863. The van der Waals surface area contributed by atoms with Gasteiger partial charge in [0, 0.05) is 39.4 Å². The van der Waals surface area contributed by atoms with E-state index in [9.17, 15) is 25.2 Å². The molecule has 1 fully saturated rings. The summed E-state index contributed by atoms with van der Waals surface area (Å²) < 4.78 is 59.2. The van der Waals surface area contributed by atoms with E-state index in [2.05, 4.69) is 129 Å². The van der Waals surface area contributed by atoms with E-state index in [0.717, 1.165) is 12.6 Å². The van der Waals surface area contributed by atoms with Crippen molar-refractivity contribution in [2.24, 2.45) is 0 Å².